The Labute approximate surface area is 76.2 Å². The zero-order chi connectivity index (χ0) is 9.19. The summed E-state index contributed by atoms with van der Waals surface area (Å²) in [6.07, 6.45) is 5.92. The van der Waals surface area contributed by atoms with Gasteiger partial charge in [0.2, 0.25) is 0 Å². The van der Waals surface area contributed by atoms with Crippen LogP contribution >= 0.6 is 0 Å². The molecule has 1 aliphatic rings. The van der Waals surface area contributed by atoms with Crippen molar-refractivity contribution in [1.82, 2.24) is 0 Å². The van der Waals surface area contributed by atoms with E-state index in [0.29, 0.717) is 0 Å². The molecule has 0 spiro atoms. The summed E-state index contributed by atoms with van der Waals surface area (Å²) in [4.78, 5) is 0. The van der Waals surface area contributed by atoms with E-state index in [1.807, 2.05) is 0 Å². The van der Waals surface area contributed by atoms with Crippen molar-refractivity contribution in [2.75, 3.05) is 0 Å². The van der Waals surface area contributed by atoms with Gasteiger partial charge in [0.25, 0.3) is 0 Å². The minimum absolute atomic E-state index is 0.0788. The summed E-state index contributed by atoms with van der Waals surface area (Å²) in [5.41, 5.74) is 0.226. The second-order valence-electron chi connectivity index (χ2n) is 4.43. The SMILES string of the molecule is CCC(O)[C@@]1(C)CCCC1CC. The van der Waals surface area contributed by atoms with E-state index in [1.165, 1.54) is 25.7 Å². The first-order valence-corrected chi connectivity index (χ1v) is 5.33. The van der Waals surface area contributed by atoms with Gasteiger partial charge in [-0.25, -0.2) is 0 Å². The fourth-order valence-electron chi connectivity index (χ4n) is 2.84. The maximum Gasteiger partial charge on any atom is 0.0593 e. The predicted octanol–water partition coefficient (Wildman–Crippen LogP) is 2.97. The maximum atomic E-state index is 9.92. The van der Waals surface area contributed by atoms with Crippen LogP contribution in [0.4, 0.5) is 0 Å². The van der Waals surface area contributed by atoms with E-state index in [4.69, 9.17) is 0 Å². The van der Waals surface area contributed by atoms with Crippen LogP contribution in [-0.4, -0.2) is 11.2 Å². The van der Waals surface area contributed by atoms with Crippen LogP contribution in [0.1, 0.15) is 52.9 Å². The van der Waals surface area contributed by atoms with Crippen molar-refractivity contribution in [3.63, 3.8) is 0 Å². The predicted molar refractivity (Wildman–Crippen MR) is 52.0 cm³/mol. The van der Waals surface area contributed by atoms with Crippen molar-refractivity contribution in [1.29, 1.82) is 0 Å². The first-order valence-electron chi connectivity index (χ1n) is 5.33. The molecule has 0 aromatic carbocycles. The molecule has 1 fully saturated rings. The number of hydrogen-bond acceptors (Lipinski definition) is 1. The van der Waals surface area contributed by atoms with Crippen LogP contribution in [0.15, 0.2) is 0 Å². The Hall–Kier alpha value is -0.0400. The largest absolute Gasteiger partial charge is 0.393 e. The maximum absolute atomic E-state index is 9.92. The normalized spacial score (nSPS) is 38.5. The smallest absolute Gasteiger partial charge is 0.0593 e. The van der Waals surface area contributed by atoms with Crippen molar-refractivity contribution in [3.8, 4) is 0 Å². The van der Waals surface area contributed by atoms with Gasteiger partial charge in [-0.05, 0) is 30.6 Å². The van der Waals surface area contributed by atoms with E-state index in [-0.39, 0.29) is 11.5 Å². The summed E-state index contributed by atoms with van der Waals surface area (Å²) < 4.78 is 0. The molecule has 0 aromatic heterocycles. The number of aliphatic hydroxyl groups excluding tert-OH is 1. The van der Waals surface area contributed by atoms with Crippen molar-refractivity contribution in [2.24, 2.45) is 11.3 Å². The van der Waals surface area contributed by atoms with Crippen LogP contribution in [-0.2, 0) is 0 Å². The highest BCUT2D eigenvalue weighted by Crippen LogP contribution is 2.47. The Kier molecular flexibility index (Phi) is 3.16. The molecule has 2 unspecified atom stereocenters. The fraction of sp³-hybridized carbons (Fsp3) is 1.00. The molecule has 0 aromatic rings. The summed E-state index contributed by atoms with van der Waals surface area (Å²) in [5.74, 6) is 0.757. The van der Waals surface area contributed by atoms with Crippen LogP contribution < -0.4 is 0 Å². The lowest BCUT2D eigenvalue weighted by molar-refractivity contribution is 0.00542. The average molecular weight is 170 g/mol. The molecule has 0 amide bonds. The molecule has 12 heavy (non-hydrogen) atoms. The number of hydrogen-bond donors (Lipinski definition) is 1. The Morgan fingerprint density at radius 3 is 2.67 bits per heavy atom. The summed E-state index contributed by atoms with van der Waals surface area (Å²) >= 11 is 0. The van der Waals surface area contributed by atoms with Gasteiger partial charge >= 0.3 is 0 Å². The van der Waals surface area contributed by atoms with Gasteiger partial charge < -0.3 is 5.11 Å². The third-order valence-electron chi connectivity index (χ3n) is 3.84. The van der Waals surface area contributed by atoms with E-state index in [0.717, 1.165) is 12.3 Å². The van der Waals surface area contributed by atoms with Crippen LogP contribution in [0.2, 0.25) is 0 Å². The lowest BCUT2D eigenvalue weighted by atomic mass is 9.73. The monoisotopic (exact) mass is 170 g/mol. The van der Waals surface area contributed by atoms with Gasteiger partial charge in [0.05, 0.1) is 6.10 Å². The Bertz CT molecular complexity index is 144. The molecule has 0 aliphatic heterocycles. The molecular formula is C11H22O. The topological polar surface area (TPSA) is 20.2 Å². The summed E-state index contributed by atoms with van der Waals surface area (Å²) in [5, 5.41) is 9.92. The quantitative estimate of drug-likeness (QED) is 0.690. The molecule has 1 heteroatoms. The van der Waals surface area contributed by atoms with E-state index in [1.54, 1.807) is 0 Å². The molecule has 1 nitrogen and oxygen atoms in total. The summed E-state index contributed by atoms with van der Waals surface area (Å²) in [6, 6.07) is 0. The van der Waals surface area contributed by atoms with Crippen LogP contribution in [0.25, 0.3) is 0 Å². The van der Waals surface area contributed by atoms with E-state index in [9.17, 15) is 5.11 Å². The molecule has 0 saturated heterocycles. The minimum atomic E-state index is -0.0788. The van der Waals surface area contributed by atoms with Crippen molar-refractivity contribution < 1.29 is 5.11 Å². The van der Waals surface area contributed by atoms with Crippen LogP contribution in [0.3, 0.4) is 0 Å². The number of rotatable bonds is 3. The molecule has 0 radical (unpaired) electrons. The third-order valence-corrected chi connectivity index (χ3v) is 3.84. The second kappa shape index (κ2) is 3.78. The molecule has 3 atom stereocenters. The highest BCUT2D eigenvalue weighted by Gasteiger charge is 2.42. The van der Waals surface area contributed by atoms with E-state index >= 15 is 0 Å². The van der Waals surface area contributed by atoms with Crippen LogP contribution in [0.5, 0.6) is 0 Å². The minimum Gasteiger partial charge on any atom is -0.393 e. The zero-order valence-corrected chi connectivity index (χ0v) is 8.64. The second-order valence-corrected chi connectivity index (χ2v) is 4.43. The Morgan fingerprint density at radius 2 is 2.17 bits per heavy atom. The third kappa shape index (κ3) is 1.52. The summed E-state index contributed by atoms with van der Waals surface area (Å²) in [7, 11) is 0. The molecule has 0 bridgehead atoms. The van der Waals surface area contributed by atoms with Gasteiger partial charge in [0.1, 0.15) is 0 Å². The highest BCUT2D eigenvalue weighted by atomic mass is 16.3. The zero-order valence-electron chi connectivity index (χ0n) is 8.64. The molecule has 1 saturated carbocycles. The van der Waals surface area contributed by atoms with Crippen molar-refractivity contribution in [2.45, 2.75) is 59.0 Å². The molecule has 1 rings (SSSR count). The van der Waals surface area contributed by atoms with E-state index < -0.39 is 0 Å². The van der Waals surface area contributed by atoms with Gasteiger partial charge in [0, 0.05) is 0 Å². The van der Waals surface area contributed by atoms with Gasteiger partial charge in [-0.3, -0.25) is 0 Å². The molecule has 0 heterocycles. The molecule has 72 valence electrons. The lowest BCUT2D eigenvalue weighted by Gasteiger charge is -2.35. The van der Waals surface area contributed by atoms with E-state index in [2.05, 4.69) is 20.8 Å². The lowest BCUT2D eigenvalue weighted by Crippen LogP contribution is -2.34. The Morgan fingerprint density at radius 1 is 1.50 bits per heavy atom. The fourth-order valence-corrected chi connectivity index (χ4v) is 2.84. The number of aliphatic hydroxyl groups is 1. The van der Waals surface area contributed by atoms with Gasteiger partial charge in [0.15, 0.2) is 0 Å². The van der Waals surface area contributed by atoms with Gasteiger partial charge in [-0.15, -0.1) is 0 Å². The first-order chi connectivity index (χ1) is 5.65. The highest BCUT2D eigenvalue weighted by molar-refractivity contribution is 4.92. The standard InChI is InChI=1S/C11H22O/c1-4-9-7-6-8-11(9,3)10(12)5-2/h9-10,12H,4-8H2,1-3H3/t9?,10?,11-/m0/s1. The summed E-state index contributed by atoms with van der Waals surface area (Å²) in [6.45, 7) is 6.60. The van der Waals surface area contributed by atoms with Crippen molar-refractivity contribution >= 4 is 0 Å². The van der Waals surface area contributed by atoms with Crippen molar-refractivity contribution in [3.05, 3.63) is 0 Å². The van der Waals surface area contributed by atoms with Crippen LogP contribution in [0, 0.1) is 11.3 Å². The Balaban J connectivity index is 2.67. The molecular weight excluding hydrogens is 148 g/mol. The first kappa shape index (κ1) is 10.0. The molecule has 1 N–H and O–H groups in total. The average Bonchev–Trinajstić information content (AvgIpc) is 2.46. The van der Waals surface area contributed by atoms with Gasteiger partial charge in [-0.2, -0.15) is 0 Å². The molecule has 1 aliphatic carbocycles. The van der Waals surface area contributed by atoms with Gasteiger partial charge in [-0.1, -0.05) is 33.6 Å².